The zero-order valence-electron chi connectivity index (χ0n) is 10.4. The molecule has 1 amide bonds. The van der Waals surface area contributed by atoms with Crippen molar-refractivity contribution in [3.63, 3.8) is 0 Å². The lowest BCUT2D eigenvalue weighted by Crippen LogP contribution is -2.40. The van der Waals surface area contributed by atoms with Gasteiger partial charge in [-0.1, -0.05) is 19.4 Å². The molecule has 0 heterocycles. The zero-order valence-corrected chi connectivity index (χ0v) is 10.4. The standard InChI is InChI=1S/C13H20N2O2/c1-3-4-11(8-14)15-13(17)10-6-5-9(2)12(16)7-10/h5-7,11,16H,3-4,8,14H2,1-2H3,(H,15,17). The van der Waals surface area contributed by atoms with Crippen molar-refractivity contribution < 1.29 is 9.90 Å². The molecule has 1 unspecified atom stereocenters. The summed E-state index contributed by atoms with van der Waals surface area (Å²) in [5.41, 5.74) is 6.79. The summed E-state index contributed by atoms with van der Waals surface area (Å²) < 4.78 is 0. The monoisotopic (exact) mass is 236 g/mol. The molecule has 0 aromatic heterocycles. The summed E-state index contributed by atoms with van der Waals surface area (Å²) in [6, 6.07) is 4.89. The van der Waals surface area contributed by atoms with Crippen LogP contribution in [0, 0.1) is 6.92 Å². The Kier molecular flexibility index (Phi) is 4.97. The number of hydrogen-bond donors (Lipinski definition) is 3. The first-order chi connectivity index (χ1) is 8.08. The number of phenols is 1. The first kappa shape index (κ1) is 13.5. The van der Waals surface area contributed by atoms with Gasteiger partial charge in [0.05, 0.1) is 0 Å². The van der Waals surface area contributed by atoms with E-state index in [9.17, 15) is 9.90 Å². The summed E-state index contributed by atoms with van der Waals surface area (Å²) in [5.74, 6) is -0.0540. The van der Waals surface area contributed by atoms with Crippen molar-refractivity contribution >= 4 is 5.91 Å². The van der Waals surface area contributed by atoms with Gasteiger partial charge in [-0.05, 0) is 31.0 Å². The van der Waals surface area contributed by atoms with Crippen LogP contribution in [0.2, 0.25) is 0 Å². The van der Waals surface area contributed by atoms with Gasteiger partial charge in [-0.25, -0.2) is 0 Å². The maximum absolute atomic E-state index is 11.9. The molecule has 0 fully saturated rings. The fourth-order valence-corrected chi connectivity index (χ4v) is 1.62. The van der Waals surface area contributed by atoms with Crippen LogP contribution in [0.1, 0.15) is 35.7 Å². The molecule has 0 radical (unpaired) electrons. The summed E-state index contributed by atoms with van der Waals surface area (Å²) in [7, 11) is 0. The summed E-state index contributed by atoms with van der Waals surface area (Å²) in [5, 5.41) is 12.4. The highest BCUT2D eigenvalue weighted by molar-refractivity contribution is 5.94. The second-order valence-corrected chi connectivity index (χ2v) is 4.20. The largest absolute Gasteiger partial charge is 0.508 e. The van der Waals surface area contributed by atoms with Gasteiger partial charge in [0.25, 0.3) is 5.91 Å². The highest BCUT2D eigenvalue weighted by Gasteiger charge is 2.12. The van der Waals surface area contributed by atoms with E-state index in [4.69, 9.17) is 5.73 Å². The average molecular weight is 236 g/mol. The third-order valence-electron chi connectivity index (χ3n) is 2.73. The van der Waals surface area contributed by atoms with Gasteiger partial charge >= 0.3 is 0 Å². The molecule has 0 aliphatic carbocycles. The van der Waals surface area contributed by atoms with Gasteiger partial charge in [0, 0.05) is 18.2 Å². The molecule has 1 atom stereocenters. The second kappa shape index (κ2) is 6.25. The maximum atomic E-state index is 11.9. The fourth-order valence-electron chi connectivity index (χ4n) is 1.62. The lowest BCUT2D eigenvalue weighted by molar-refractivity contribution is 0.0935. The van der Waals surface area contributed by atoms with Gasteiger partial charge in [0.2, 0.25) is 0 Å². The number of hydrogen-bond acceptors (Lipinski definition) is 3. The minimum atomic E-state index is -0.191. The Labute approximate surface area is 102 Å². The number of phenolic OH excluding ortho intramolecular Hbond substituents is 1. The van der Waals surface area contributed by atoms with Crippen molar-refractivity contribution in [3.8, 4) is 5.75 Å². The molecule has 0 spiro atoms. The van der Waals surface area contributed by atoms with Crippen LogP contribution in [0.25, 0.3) is 0 Å². The normalized spacial score (nSPS) is 12.2. The SMILES string of the molecule is CCCC(CN)NC(=O)c1ccc(C)c(O)c1. The number of rotatable bonds is 5. The highest BCUT2D eigenvalue weighted by atomic mass is 16.3. The molecule has 94 valence electrons. The van der Waals surface area contributed by atoms with Crippen LogP contribution in [0.4, 0.5) is 0 Å². The predicted octanol–water partition coefficient (Wildman–Crippen LogP) is 1.56. The number of carbonyl (C=O) groups excluding carboxylic acids is 1. The van der Waals surface area contributed by atoms with E-state index in [2.05, 4.69) is 5.32 Å². The second-order valence-electron chi connectivity index (χ2n) is 4.20. The molecular formula is C13H20N2O2. The average Bonchev–Trinajstić information content (AvgIpc) is 2.31. The Balaban J connectivity index is 2.72. The molecule has 0 aliphatic heterocycles. The number of benzene rings is 1. The molecule has 4 nitrogen and oxygen atoms in total. The summed E-state index contributed by atoms with van der Waals surface area (Å²) in [6.45, 7) is 4.26. The van der Waals surface area contributed by atoms with E-state index in [1.54, 1.807) is 19.1 Å². The molecular weight excluding hydrogens is 216 g/mol. The Morgan fingerprint density at radius 3 is 2.76 bits per heavy atom. The molecule has 4 heteroatoms. The maximum Gasteiger partial charge on any atom is 0.251 e. The van der Waals surface area contributed by atoms with Crippen LogP contribution in [0.5, 0.6) is 5.75 Å². The van der Waals surface area contributed by atoms with E-state index in [1.807, 2.05) is 6.92 Å². The van der Waals surface area contributed by atoms with E-state index in [1.165, 1.54) is 6.07 Å². The number of aromatic hydroxyl groups is 1. The van der Waals surface area contributed by atoms with Gasteiger partial charge in [-0.2, -0.15) is 0 Å². The van der Waals surface area contributed by atoms with E-state index < -0.39 is 0 Å². The number of amides is 1. The minimum absolute atomic E-state index is 0.00375. The zero-order chi connectivity index (χ0) is 12.8. The quantitative estimate of drug-likeness (QED) is 0.726. The van der Waals surface area contributed by atoms with Gasteiger partial charge < -0.3 is 16.2 Å². The molecule has 1 aromatic rings. The Hall–Kier alpha value is -1.55. The number of aryl methyl sites for hydroxylation is 1. The summed E-state index contributed by atoms with van der Waals surface area (Å²) >= 11 is 0. The van der Waals surface area contributed by atoms with Crippen LogP contribution in [0.15, 0.2) is 18.2 Å². The molecule has 0 bridgehead atoms. The van der Waals surface area contributed by atoms with Crippen LogP contribution >= 0.6 is 0 Å². The van der Waals surface area contributed by atoms with Gasteiger partial charge in [0.1, 0.15) is 5.75 Å². The van der Waals surface area contributed by atoms with Gasteiger partial charge in [0.15, 0.2) is 0 Å². The first-order valence-electron chi connectivity index (χ1n) is 5.89. The van der Waals surface area contributed by atoms with Crippen molar-refractivity contribution in [1.82, 2.24) is 5.32 Å². The lowest BCUT2D eigenvalue weighted by atomic mass is 10.1. The van der Waals surface area contributed by atoms with Crippen molar-refractivity contribution in [3.05, 3.63) is 29.3 Å². The third kappa shape index (κ3) is 3.75. The Morgan fingerprint density at radius 1 is 1.53 bits per heavy atom. The van der Waals surface area contributed by atoms with E-state index in [0.29, 0.717) is 12.1 Å². The topological polar surface area (TPSA) is 75.3 Å². The van der Waals surface area contributed by atoms with Crippen LogP contribution < -0.4 is 11.1 Å². The van der Waals surface area contributed by atoms with Crippen molar-refractivity contribution in [2.45, 2.75) is 32.7 Å². The molecule has 4 N–H and O–H groups in total. The minimum Gasteiger partial charge on any atom is -0.508 e. The highest BCUT2D eigenvalue weighted by Crippen LogP contribution is 2.17. The van der Waals surface area contributed by atoms with Crippen LogP contribution in [0.3, 0.4) is 0 Å². The van der Waals surface area contributed by atoms with Crippen LogP contribution in [-0.4, -0.2) is 23.6 Å². The van der Waals surface area contributed by atoms with E-state index >= 15 is 0 Å². The molecule has 1 aromatic carbocycles. The molecule has 1 rings (SSSR count). The Bertz CT molecular complexity index is 391. The molecule has 17 heavy (non-hydrogen) atoms. The number of nitrogens with one attached hydrogen (secondary N) is 1. The summed E-state index contributed by atoms with van der Waals surface area (Å²) in [6.07, 6.45) is 1.83. The van der Waals surface area contributed by atoms with Gasteiger partial charge in [-0.3, -0.25) is 4.79 Å². The molecule has 0 aliphatic rings. The lowest BCUT2D eigenvalue weighted by Gasteiger charge is -2.16. The van der Waals surface area contributed by atoms with Crippen molar-refractivity contribution in [2.24, 2.45) is 5.73 Å². The smallest absolute Gasteiger partial charge is 0.251 e. The van der Waals surface area contributed by atoms with E-state index in [0.717, 1.165) is 18.4 Å². The number of nitrogens with two attached hydrogens (primary N) is 1. The Morgan fingerprint density at radius 2 is 2.24 bits per heavy atom. The molecule has 0 saturated carbocycles. The fraction of sp³-hybridized carbons (Fsp3) is 0.462. The van der Waals surface area contributed by atoms with Gasteiger partial charge in [-0.15, -0.1) is 0 Å². The third-order valence-corrected chi connectivity index (χ3v) is 2.73. The number of carbonyl (C=O) groups is 1. The first-order valence-corrected chi connectivity index (χ1v) is 5.89. The molecule has 0 saturated heterocycles. The van der Waals surface area contributed by atoms with Crippen molar-refractivity contribution in [1.29, 1.82) is 0 Å². The van der Waals surface area contributed by atoms with Crippen LogP contribution in [-0.2, 0) is 0 Å². The summed E-state index contributed by atoms with van der Waals surface area (Å²) in [4.78, 5) is 11.9. The van der Waals surface area contributed by atoms with E-state index in [-0.39, 0.29) is 17.7 Å². The van der Waals surface area contributed by atoms with Crippen molar-refractivity contribution in [2.75, 3.05) is 6.54 Å². The predicted molar refractivity (Wildman–Crippen MR) is 68.1 cm³/mol.